The van der Waals surface area contributed by atoms with Gasteiger partial charge >= 0.3 is 5.97 Å². The van der Waals surface area contributed by atoms with E-state index in [0.717, 1.165) is 0 Å². The summed E-state index contributed by atoms with van der Waals surface area (Å²) in [5, 5.41) is 11.6. The number of hydrogen-bond donors (Lipinski definition) is 2. The molecule has 0 atom stereocenters. The summed E-state index contributed by atoms with van der Waals surface area (Å²) in [7, 11) is 0. The van der Waals surface area contributed by atoms with Crippen LogP contribution in [0.3, 0.4) is 0 Å². The molecule has 3 rings (SSSR count). The maximum atomic E-state index is 10.8. The summed E-state index contributed by atoms with van der Waals surface area (Å²) >= 11 is 0. The SMILES string of the molecule is CC(=O)NC12COC(C(=O)O)(C1)C2. The first-order valence-electron chi connectivity index (χ1n) is 4.14. The third-order valence-corrected chi connectivity index (χ3v) is 2.70. The van der Waals surface area contributed by atoms with Crippen molar-refractivity contribution in [3.8, 4) is 0 Å². The van der Waals surface area contributed by atoms with Gasteiger partial charge in [-0.2, -0.15) is 0 Å². The number of fused-ring (bicyclic) bond motifs is 1. The number of carboxylic acid groups (broad SMARTS) is 1. The van der Waals surface area contributed by atoms with E-state index in [9.17, 15) is 9.59 Å². The van der Waals surface area contributed by atoms with Gasteiger partial charge in [0.15, 0.2) is 5.60 Å². The molecule has 1 amide bonds. The molecule has 0 aromatic rings. The fourth-order valence-electron chi connectivity index (χ4n) is 2.23. The lowest BCUT2D eigenvalue weighted by Crippen LogP contribution is -2.61. The highest BCUT2D eigenvalue weighted by Crippen LogP contribution is 2.51. The monoisotopic (exact) mass is 185 g/mol. The molecule has 2 aliphatic heterocycles. The highest BCUT2D eigenvalue weighted by molar-refractivity contribution is 5.82. The van der Waals surface area contributed by atoms with Crippen LogP contribution in [0.15, 0.2) is 0 Å². The Morgan fingerprint density at radius 1 is 1.46 bits per heavy atom. The largest absolute Gasteiger partial charge is 0.479 e. The second-order valence-electron chi connectivity index (χ2n) is 3.90. The molecule has 13 heavy (non-hydrogen) atoms. The van der Waals surface area contributed by atoms with Crippen LogP contribution in [-0.4, -0.2) is 34.7 Å². The summed E-state index contributed by atoms with van der Waals surface area (Å²) in [6, 6.07) is 0. The minimum Gasteiger partial charge on any atom is -0.479 e. The van der Waals surface area contributed by atoms with Gasteiger partial charge in [-0.25, -0.2) is 4.79 Å². The van der Waals surface area contributed by atoms with Crippen molar-refractivity contribution in [3.05, 3.63) is 0 Å². The van der Waals surface area contributed by atoms with E-state index in [-0.39, 0.29) is 5.91 Å². The van der Waals surface area contributed by atoms with Crippen LogP contribution in [0.1, 0.15) is 19.8 Å². The highest BCUT2D eigenvalue weighted by Gasteiger charge is 2.67. The zero-order valence-electron chi connectivity index (χ0n) is 7.29. The molecule has 2 saturated heterocycles. The summed E-state index contributed by atoms with van der Waals surface area (Å²) in [4.78, 5) is 21.5. The van der Waals surface area contributed by atoms with Gasteiger partial charge in [-0.15, -0.1) is 0 Å². The molecule has 3 fully saturated rings. The molecule has 2 N–H and O–H groups in total. The Morgan fingerprint density at radius 2 is 2.08 bits per heavy atom. The molecule has 0 spiro atoms. The van der Waals surface area contributed by atoms with E-state index in [2.05, 4.69) is 5.32 Å². The molecule has 1 aliphatic carbocycles. The van der Waals surface area contributed by atoms with E-state index in [1.807, 2.05) is 0 Å². The molecular formula is C8H11NO4. The second-order valence-corrected chi connectivity index (χ2v) is 3.90. The lowest BCUT2D eigenvalue weighted by atomic mass is 9.68. The van der Waals surface area contributed by atoms with Crippen LogP contribution in [-0.2, 0) is 14.3 Å². The molecular weight excluding hydrogens is 174 g/mol. The van der Waals surface area contributed by atoms with Gasteiger partial charge in [-0.3, -0.25) is 4.79 Å². The van der Waals surface area contributed by atoms with Crippen LogP contribution in [0, 0.1) is 0 Å². The van der Waals surface area contributed by atoms with Crippen LogP contribution >= 0.6 is 0 Å². The number of carbonyl (C=O) groups is 2. The second kappa shape index (κ2) is 2.23. The molecule has 0 aromatic carbocycles. The maximum Gasteiger partial charge on any atom is 0.336 e. The average molecular weight is 185 g/mol. The Labute approximate surface area is 75.1 Å². The van der Waals surface area contributed by atoms with E-state index in [0.29, 0.717) is 19.4 Å². The van der Waals surface area contributed by atoms with Crippen molar-refractivity contribution in [3.63, 3.8) is 0 Å². The van der Waals surface area contributed by atoms with Gasteiger partial charge in [-0.05, 0) is 0 Å². The number of hydrogen-bond acceptors (Lipinski definition) is 3. The zero-order valence-corrected chi connectivity index (χ0v) is 7.29. The molecule has 5 nitrogen and oxygen atoms in total. The summed E-state index contributed by atoms with van der Waals surface area (Å²) < 4.78 is 5.17. The van der Waals surface area contributed by atoms with Gasteiger partial charge in [0, 0.05) is 19.8 Å². The highest BCUT2D eigenvalue weighted by atomic mass is 16.5. The third-order valence-electron chi connectivity index (χ3n) is 2.70. The molecule has 0 unspecified atom stereocenters. The topological polar surface area (TPSA) is 75.6 Å². The van der Waals surface area contributed by atoms with Crippen LogP contribution < -0.4 is 5.32 Å². The van der Waals surface area contributed by atoms with Crippen molar-refractivity contribution < 1.29 is 19.4 Å². The Morgan fingerprint density at radius 3 is 2.46 bits per heavy atom. The summed E-state index contributed by atoms with van der Waals surface area (Å²) in [6.07, 6.45) is 0.795. The first kappa shape index (κ1) is 8.50. The number of carbonyl (C=O) groups excluding carboxylic acids is 1. The Balaban J connectivity index is 2.06. The van der Waals surface area contributed by atoms with Gasteiger partial charge < -0.3 is 15.2 Å². The lowest BCUT2D eigenvalue weighted by molar-refractivity contribution is -0.163. The normalized spacial score (nSPS) is 41.0. The van der Waals surface area contributed by atoms with Crippen LogP contribution in [0.25, 0.3) is 0 Å². The Kier molecular flexibility index (Phi) is 1.46. The number of carboxylic acids is 1. The molecule has 72 valence electrons. The van der Waals surface area contributed by atoms with Gasteiger partial charge in [0.1, 0.15) is 0 Å². The molecule has 2 bridgehead atoms. The Hall–Kier alpha value is -1.10. The molecule has 3 aliphatic rings. The van der Waals surface area contributed by atoms with Crippen molar-refractivity contribution in [2.45, 2.75) is 30.9 Å². The number of nitrogens with one attached hydrogen (secondary N) is 1. The molecule has 5 heteroatoms. The van der Waals surface area contributed by atoms with E-state index in [4.69, 9.17) is 9.84 Å². The predicted molar refractivity (Wildman–Crippen MR) is 42.1 cm³/mol. The molecule has 1 saturated carbocycles. The molecule has 2 heterocycles. The first-order valence-corrected chi connectivity index (χ1v) is 4.14. The van der Waals surface area contributed by atoms with Gasteiger partial charge in [0.05, 0.1) is 12.1 Å². The van der Waals surface area contributed by atoms with Gasteiger partial charge in [0.2, 0.25) is 5.91 Å². The van der Waals surface area contributed by atoms with E-state index in [1.165, 1.54) is 6.92 Å². The standard InChI is InChI=1S/C8H11NO4/c1-5(10)9-7-2-8(3-7,6(11)12)13-4-7/h2-4H2,1H3,(H,9,10)(H,11,12). The number of aliphatic carboxylic acids is 1. The van der Waals surface area contributed by atoms with Gasteiger partial charge in [0.25, 0.3) is 0 Å². The summed E-state index contributed by atoms with van der Waals surface area (Å²) in [6.45, 7) is 1.74. The molecule has 0 aromatic heterocycles. The van der Waals surface area contributed by atoms with Crippen LogP contribution in [0.2, 0.25) is 0 Å². The fraction of sp³-hybridized carbons (Fsp3) is 0.750. The summed E-state index contributed by atoms with van der Waals surface area (Å²) in [5.74, 6) is -1.06. The van der Waals surface area contributed by atoms with Crippen molar-refractivity contribution in [1.29, 1.82) is 0 Å². The number of amides is 1. The van der Waals surface area contributed by atoms with Crippen LogP contribution in [0.5, 0.6) is 0 Å². The zero-order chi connectivity index (χ0) is 9.69. The average Bonchev–Trinajstić information content (AvgIpc) is 2.39. The lowest BCUT2D eigenvalue weighted by Gasteiger charge is -2.41. The van der Waals surface area contributed by atoms with Crippen molar-refractivity contribution in [1.82, 2.24) is 5.32 Å². The predicted octanol–water partition coefficient (Wildman–Crippen LogP) is -0.491. The summed E-state index contributed by atoms with van der Waals surface area (Å²) in [5.41, 5.74) is -1.41. The van der Waals surface area contributed by atoms with Crippen LogP contribution in [0.4, 0.5) is 0 Å². The van der Waals surface area contributed by atoms with Crippen molar-refractivity contribution in [2.24, 2.45) is 0 Å². The third kappa shape index (κ3) is 1.03. The fourth-order valence-corrected chi connectivity index (χ4v) is 2.23. The molecule has 0 radical (unpaired) electrons. The first-order chi connectivity index (χ1) is 5.98. The van der Waals surface area contributed by atoms with E-state index < -0.39 is 17.1 Å². The smallest absolute Gasteiger partial charge is 0.336 e. The van der Waals surface area contributed by atoms with E-state index in [1.54, 1.807) is 0 Å². The minimum absolute atomic E-state index is 0.135. The van der Waals surface area contributed by atoms with Crippen molar-refractivity contribution >= 4 is 11.9 Å². The maximum absolute atomic E-state index is 10.8. The van der Waals surface area contributed by atoms with Crippen molar-refractivity contribution in [2.75, 3.05) is 6.61 Å². The van der Waals surface area contributed by atoms with Gasteiger partial charge in [-0.1, -0.05) is 0 Å². The van der Waals surface area contributed by atoms with E-state index >= 15 is 0 Å². The minimum atomic E-state index is -1.01. The number of rotatable bonds is 2. The number of ether oxygens (including phenoxy) is 1. The quantitative estimate of drug-likeness (QED) is 0.608. The Bertz CT molecular complexity index is 280.